The third-order valence-electron chi connectivity index (χ3n) is 7.13. The molecule has 1 aliphatic rings. The summed E-state index contributed by atoms with van der Waals surface area (Å²) in [6, 6.07) is 16.6. The van der Waals surface area contributed by atoms with Crippen LogP contribution in [0.4, 0.5) is 5.95 Å². The monoisotopic (exact) mass is 590 g/mol. The average molecular weight is 591 g/mol. The lowest BCUT2D eigenvalue weighted by Crippen LogP contribution is -2.46. The fourth-order valence-corrected chi connectivity index (χ4v) is 5.17. The predicted molar refractivity (Wildman–Crippen MR) is 159 cm³/mol. The number of halogens is 2. The zero-order valence-electron chi connectivity index (χ0n) is 22.7. The molecule has 9 nitrogen and oxygen atoms in total. The van der Waals surface area contributed by atoms with Gasteiger partial charge in [0, 0.05) is 36.0 Å². The molecule has 0 bridgehead atoms. The lowest BCUT2D eigenvalue weighted by atomic mass is 9.98. The Morgan fingerprint density at radius 3 is 2.41 bits per heavy atom. The number of carbonyl (C=O) groups is 2. The van der Waals surface area contributed by atoms with Gasteiger partial charge in [-0.25, -0.2) is 9.55 Å². The molecule has 210 valence electrons. The Bertz CT molecular complexity index is 1670. The van der Waals surface area contributed by atoms with Gasteiger partial charge >= 0.3 is 0 Å². The Labute approximate surface area is 247 Å². The van der Waals surface area contributed by atoms with Crippen LogP contribution >= 0.6 is 23.2 Å². The normalized spacial score (nSPS) is 15.1. The number of pyridine rings is 1. The summed E-state index contributed by atoms with van der Waals surface area (Å²) in [7, 11) is 1.56. The van der Waals surface area contributed by atoms with E-state index in [1.807, 2.05) is 32.0 Å². The third kappa shape index (κ3) is 5.68. The van der Waals surface area contributed by atoms with Crippen molar-refractivity contribution in [1.82, 2.24) is 24.8 Å². The van der Waals surface area contributed by atoms with Gasteiger partial charge in [-0.2, -0.15) is 0 Å². The number of hydrogen-bond donors (Lipinski definition) is 2. The first-order valence-corrected chi connectivity index (χ1v) is 13.8. The van der Waals surface area contributed by atoms with Crippen molar-refractivity contribution >= 4 is 41.0 Å². The predicted octanol–water partition coefficient (Wildman–Crippen LogP) is 5.05. The quantitative estimate of drug-likeness (QED) is 0.325. The summed E-state index contributed by atoms with van der Waals surface area (Å²) < 4.78 is 1.51. The highest BCUT2D eigenvalue weighted by Crippen LogP contribution is 2.28. The van der Waals surface area contributed by atoms with E-state index in [-0.39, 0.29) is 36.0 Å². The molecule has 41 heavy (non-hydrogen) atoms. The van der Waals surface area contributed by atoms with Gasteiger partial charge in [0.05, 0.1) is 39.7 Å². The molecule has 2 amide bonds. The Hall–Kier alpha value is -4.21. The van der Waals surface area contributed by atoms with E-state index in [2.05, 4.69) is 15.6 Å². The van der Waals surface area contributed by atoms with Crippen LogP contribution in [0.15, 0.2) is 71.7 Å². The molecule has 0 fully saturated rings. The van der Waals surface area contributed by atoms with Crippen LogP contribution in [0.2, 0.25) is 10.0 Å². The van der Waals surface area contributed by atoms with Crippen LogP contribution in [-0.4, -0.2) is 44.3 Å². The van der Waals surface area contributed by atoms with Gasteiger partial charge in [-0.15, -0.1) is 0 Å². The number of carbonyl (C=O) groups excluding carboxylic acids is 2. The molecule has 0 unspecified atom stereocenters. The minimum atomic E-state index is -0.283. The van der Waals surface area contributed by atoms with Crippen molar-refractivity contribution in [3.8, 4) is 5.69 Å². The van der Waals surface area contributed by atoms with Crippen LogP contribution in [0, 0.1) is 0 Å². The van der Waals surface area contributed by atoms with Crippen molar-refractivity contribution in [2.75, 3.05) is 12.4 Å². The van der Waals surface area contributed by atoms with Crippen molar-refractivity contribution in [3.63, 3.8) is 0 Å². The van der Waals surface area contributed by atoms with Crippen LogP contribution in [-0.2, 0) is 13.0 Å². The fraction of sp³-hybridized carbons (Fsp3) is 0.233. The van der Waals surface area contributed by atoms with Gasteiger partial charge in [0.1, 0.15) is 0 Å². The van der Waals surface area contributed by atoms with Crippen LogP contribution in [0.1, 0.15) is 57.6 Å². The lowest BCUT2D eigenvalue weighted by Gasteiger charge is -2.35. The number of nitrogens with zero attached hydrogens (tertiary/aromatic N) is 4. The maximum atomic E-state index is 14.1. The van der Waals surface area contributed by atoms with Crippen LogP contribution < -0.4 is 16.2 Å². The Morgan fingerprint density at radius 1 is 1.02 bits per heavy atom. The Kier molecular flexibility index (Phi) is 8.10. The molecule has 4 aromatic rings. The van der Waals surface area contributed by atoms with Gasteiger partial charge in [-0.1, -0.05) is 29.3 Å². The molecular formula is C30H28Cl2N6O3. The Balaban J connectivity index is 1.57. The molecule has 2 aromatic heterocycles. The zero-order valence-corrected chi connectivity index (χ0v) is 24.2. The number of aromatic nitrogens is 3. The summed E-state index contributed by atoms with van der Waals surface area (Å²) in [6.45, 7) is 3.97. The van der Waals surface area contributed by atoms with Gasteiger partial charge in [-0.3, -0.25) is 19.4 Å². The minimum Gasteiger partial charge on any atom is -0.355 e. The highest BCUT2D eigenvalue weighted by Gasteiger charge is 2.32. The minimum absolute atomic E-state index is 0.147. The molecular weight excluding hydrogens is 563 g/mol. The summed E-state index contributed by atoms with van der Waals surface area (Å²) in [5.41, 5.74) is 2.99. The number of amides is 2. The van der Waals surface area contributed by atoms with Crippen LogP contribution in [0.3, 0.4) is 0 Å². The molecule has 1 aliphatic heterocycles. The molecule has 0 saturated carbocycles. The maximum absolute atomic E-state index is 14.1. The van der Waals surface area contributed by atoms with E-state index in [0.29, 0.717) is 50.5 Å². The van der Waals surface area contributed by atoms with Crippen molar-refractivity contribution in [1.29, 1.82) is 0 Å². The SMILES string of the molecule is CNC(=O)c1ccc(-n2c(N[C@@H](C)c3ccccn3)nc3c(c2=O)C[C@@H](C)N(C(=O)c2ccc(Cl)c(Cl)c2)C3)cc1. The summed E-state index contributed by atoms with van der Waals surface area (Å²) in [6.07, 6.45) is 2.02. The molecule has 0 saturated heterocycles. The number of fused-ring (bicyclic) bond motifs is 1. The largest absolute Gasteiger partial charge is 0.355 e. The van der Waals surface area contributed by atoms with E-state index in [1.54, 1.807) is 60.6 Å². The number of rotatable bonds is 6. The number of anilines is 1. The molecule has 5 rings (SSSR count). The summed E-state index contributed by atoms with van der Waals surface area (Å²) >= 11 is 12.2. The standard InChI is InChI=1S/C30H28Cl2N6O3/c1-17-14-22-26(16-37(17)28(40)20-9-12-23(31)24(32)15-20)36-30(35-18(2)25-6-4-5-13-34-25)38(29(22)41)21-10-7-19(8-11-21)27(39)33-3/h4-13,15,17-18H,14,16H2,1-3H3,(H,33,39)(H,35,36)/t17-,18+/m1/s1. The van der Waals surface area contributed by atoms with Crippen molar-refractivity contribution < 1.29 is 9.59 Å². The van der Waals surface area contributed by atoms with E-state index in [9.17, 15) is 14.4 Å². The summed E-state index contributed by atoms with van der Waals surface area (Å²) in [4.78, 5) is 50.6. The topological polar surface area (TPSA) is 109 Å². The molecule has 0 radical (unpaired) electrons. The first kappa shape index (κ1) is 28.3. The fourth-order valence-electron chi connectivity index (χ4n) is 4.87. The molecule has 2 aromatic carbocycles. The maximum Gasteiger partial charge on any atom is 0.263 e. The molecule has 0 spiro atoms. The second kappa shape index (κ2) is 11.7. The van der Waals surface area contributed by atoms with Crippen LogP contribution in [0.25, 0.3) is 5.69 Å². The van der Waals surface area contributed by atoms with Gasteiger partial charge < -0.3 is 15.5 Å². The lowest BCUT2D eigenvalue weighted by molar-refractivity contribution is 0.0653. The van der Waals surface area contributed by atoms with E-state index >= 15 is 0 Å². The molecule has 2 atom stereocenters. The van der Waals surface area contributed by atoms with E-state index in [1.165, 1.54) is 4.57 Å². The number of benzene rings is 2. The molecule has 11 heteroatoms. The molecule has 0 aliphatic carbocycles. The van der Waals surface area contributed by atoms with Crippen LogP contribution in [0.5, 0.6) is 0 Å². The van der Waals surface area contributed by atoms with E-state index in [0.717, 1.165) is 5.69 Å². The third-order valence-corrected chi connectivity index (χ3v) is 7.87. The zero-order chi connectivity index (χ0) is 29.3. The van der Waals surface area contributed by atoms with E-state index in [4.69, 9.17) is 28.2 Å². The highest BCUT2D eigenvalue weighted by atomic mass is 35.5. The van der Waals surface area contributed by atoms with Crippen molar-refractivity contribution in [2.45, 2.75) is 38.9 Å². The Morgan fingerprint density at radius 2 is 1.76 bits per heavy atom. The second-order valence-corrected chi connectivity index (χ2v) is 10.7. The smallest absolute Gasteiger partial charge is 0.263 e. The van der Waals surface area contributed by atoms with Gasteiger partial charge in [-0.05, 0) is 74.9 Å². The highest BCUT2D eigenvalue weighted by molar-refractivity contribution is 6.42. The number of nitrogens with one attached hydrogen (secondary N) is 2. The van der Waals surface area contributed by atoms with Gasteiger partial charge in [0.2, 0.25) is 5.95 Å². The molecule has 3 heterocycles. The van der Waals surface area contributed by atoms with Crippen molar-refractivity contribution in [3.05, 3.63) is 115 Å². The average Bonchev–Trinajstić information content (AvgIpc) is 2.98. The second-order valence-electron chi connectivity index (χ2n) is 9.86. The van der Waals surface area contributed by atoms with Gasteiger partial charge in [0.25, 0.3) is 17.4 Å². The van der Waals surface area contributed by atoms with E-state index < -0.39 is 0 Å². The van der Waals surface area contributed by atoms with Crippen molar-refractivity contribution in [2.24, 2.45) is 0 Å². The first-order valence-electron chi connectivity index (χ1n) is 13.1. The first-order chi connectivity index (χ1) is 19.7. The molecule has 2 N–H and O–H groups in total. The number of hydrogen-bond acceptors (Lipinski definition) is 6. The summed E-state index contributed by atoms with van der Waals surface area (Å²) in [5, 5.41) is 6.60. The van der Waals surface area contributed by atoms with Gasteiger partial charge in [0.15, 0.2) is 0 Å². The summed E-state index contributed by atoms with van der Waals surface area (Å²) in [5.74, 6) is -0.153.